The molecule has 0 amide bonds. The molecule has 2 aromatic rings. The van der Waals surface area contributed by atoms with Crippen LogP contribution in [0.15, 0.2) is 61.2 Å². The summed E-state index contributed by atoms with van der Waals surface area (Å²) in [6.45, 7) is 3.89. The molecule has 0 aliphatic rings. The lowest BCUT2D eigenvalue weighted by Gasteiger charge is -2.06. The van der Waals surface area contributed by atoms with Gasteiger partial charge in [0.05, 0.1) is 6.61 Å². The third kappa shape index (κ3) is 4.57. The van der Waals surface area contributed by atoms with Crippen molar-refractivity contribution >= 4 is 5.97 Å². The van der Waals surface area contributed by atoms with Crippen LogP contribution >= 0.6 is 0 Å². The first-order valence-corrected chi connectivity index (χ1v) is 7.31. The molecule has 3 heteroatoms. The van der Waals surface area contributed by atoms with Crippen LogP contribution in [-0.4, -0.2) is 24.3 Å². The van der Waals surface area contributed by atoms with Crippen molar-refractivity contribution in [2.75, 3.05) is 13.2 Å². The van der Waals surface area contributed by atoms with Crippen LogP contribution in [0.4, 0.5) is 0 Å². The van der Waals surface area contributed by atoms with Gasteiger partial charge in [0, 0.05) is 19.1 Å². The number of benzene rings is 2. The van der Waals surface area contributed by atoms with Crippen molar-refractivity contribution in [3.8, 4) is 11.1 Å². The molecule has 0 bridgehead atoms. The summed E-state index contributed by atoms with van der Waals surface area (Å²) in [7, 11) is 0. The van der Waals surface area contributed by atoms with Gasteiger partial charge in [0.15, 0.2) is 0 Å². The fraction of sp³-hybridized carbons (Fsp3) is 0.211. The Hall–Kier alpha value is -2.39. The highest BCUT2D eigenvalue weighted by molar-refractivity contribution is 5.81. The zero-order chi connectivity index (χ0) is 15.8. The van der Waals surface area contributed by atoms with Crippen LogP contribution in [0.25, 0.3) is 11.1 Å². The maximum atomic E-state index is 11.0. The minimum atomic E-state index is -0.389. The zero-order valence-electron chi connectivity index (χ0n) is 12.5. The molecule has 2 rings (SSSR count). The van der Waals surface area contributed by atoms with Gasteiger partial charge in [-0.05, 0) is 28.7 Å². The Morgan fingerprint density at radius 2 is 1.45 bits per heavy atom. The highest BCUT2D eigenvalue weighted by Gasteiger charge is 2.01. The van der Waals surface area contributed by atoms with E-state index in [2.05, 4.69) is 30.8 Å². The molecule has 0 saturated heterocycles. The number of esters is 1. The van der Waals surface area contributed by atoms with E-state index < -0.39 is 0 Å². The Kier molecular flexibility index (Phi) is 5.92. The van der Waals surface area contributed by atoms with E-state index >= 15 is 0 Å². The van der Waals surface area contributed by atoms with Gasteiger partial charge in [-0.1, -0.05) is 55.1 Å². The molecule has 3 nitrogen and oxygen atoms in total. The summed E-state index contributed by atoms with van der Waals surface area (Å²) in [6.07, 6.45) is 2.54. The van der Waals surface area contributed by atoms with Crippen molar-refractivity contribution in [1.29, 1.82) is 0 Å². The molecule has 0 aliphatic heterocycles. The minimum absolute atomic E-state index is 0.171. The average molecular weight is 296 g/mol. The molecule has 0 spiro atoms. The molecular weight excluding hydrogens is 276 g/mol. The third-order valence-corrected chi connectivity index (χ3v) is 3.44. The smallest absolute Gasteiger partial charge is 0.330 e. The highest BCUT2D eigenvalue weighted by Crippen LogP contribution is 2.20. The first kappa shape index (κ1) is 16.0. The van der Waals surface area contributed by atoms with Gasteiger partial charge < -0.3 is 9.84 Å². The van der Waals surface area contributed by atoms with Crippen molar-refractivity contribution in [2.24, 2.45) is 0 Å². The molecule has 2 aromatic carbocycles. The fourth-order valence-corrected chi connectivity index (χ4v) is 2.19. The van der Waals surface area contributed by atoms with Crippen LogP contribution < -0.4 is 0 Å². The first-order valence-electron chi connectivity index (χ1n) is 7.31. The van der Waals surface area contributed by atoms with E-state index in [0.717, 1.165) is 22.3 Å². The van der Waals surface area contributed by atoms with Crippen molar-refractivity contribution in [3.05, 3.63) is 72.3 Å². The highest BCUT2D eigenvalue weighted by atomic mass is 16.5. The van der Waals surface area contributed by atoms with E-state index in [1.807, 2.05) is 24.3 Å². The van der Waals surface area contributed by atoms with Gasteiger partial charge in [0.25, 0.3) is 0 Å². The van der Waals surface area contributed by atoms with Gasteiger partial charge in [-0.3, -0.25) is 0 Å². The molecule has 0 saturated carbocycles. The van der Waals surface area contributed by atoms with Crippen LogP contribution in [-0.2, 0) is 22.4 Å². The summed E-state index contributed by atoms with van der Waals surface area (Å²) in [4.78, 5) is 11.0. The van der Waals surface area contributed by atoms with E-state index in [9.17, 15) is 4.79 Å². The number of hydrogen-bond acceptors (Lipinski definition) is 3. The number of ether oxygens (including phenoxy) is 1. The van der Waals surface area contributed by atoms with Crippen molar-refractivity contribution in [3.63, 3.8) is 0 Å². The molecule has 22 heavy (non-hydrogen) atoms. The maximum absolute atomic E-state index is 11.0. The Bertz CT molecular complexity index is 612. The standard InChI is InChI=1S/C19H20O3/c1-2-19(21)22-14-12-16-5-9-18(10-6-16)17-7-3-15(4-8-17)11-13-20/h2-10,20H,1,11-14H2. The average Bonchev–Trinajstić information content (AvgIpc) is 2.56. The lowest BCUT2D eigenvalue weighted by atomic mass is 10.0. The van der Waals surface area contributed by atoms with Crippen LogP contribution in [0.2, 0.25) is 0 Å². The summed E-state index contributed by atoms with van der Waals surface area (Å²) in [5.41, 5.74) is 4.54. The summed E-state index contributed by atoms with van der Waals surface area (Å²) in [5.74, 6) is -0.389. The third-order valence-electron chi connectivity index (χ3n) is 3.44. The summed E-state index contributed by atoms with van der Waals surface area (Å²) in [5, 5.41) is 8.92. The lowest BCUT2D eigenvalue weighted by molar-refractivity contribution is -0.137. The lowest BCUT2D eigenvalue weighted by Crippen LogP contribution is -2.04. The Balaban J connectivity index is 1.96. The molecule has 1 N–H and O–H groups in total. The van der Waals surface area contributed by atoms with Crippen LogP contribution in [0, 0.1) is 0 Å². The van der Waals surface area contributed by atoms with Crippen molar-refractivity contribution in [2.45, 2.75) is 12.8 Å². The number of hydrogen-bond donors (Lipinski definition) is 1. The zero-order valence-corrected chi connectivity index (χ0v) is 12.5. The summed E-state index contributed by atoms with van der Waals surface area (Å²) in [6, 6.07) is 16.4. The Morgan fingerprint density at radius 1 is 0.955 bits per heavy atom. The SMILES string of the molecule is C=CC(=O)OCCc1ccc(-c2ccc(CCO)cc2)cc1. The van der Waals surface area contributed by atoms with E-state index in [0.29, 0.717) is 19.4 Å². The molecule has 0 atom stereocenters. The van der Waals surface area contributed by atoms with E-state index in [1.54, 1.807) is 0 Å². The number of carbonyl (C=O) groups excluding carboxylic acids is 1. The Morgan fingerprint density at radius 3 is 1.91 bits per heavy atom. The molecule has 0 aliphatic carbocycles. The van der Waals surface area contributed by atoms with E-state index in [4.69, 9.17) is 9.84 Å². The predicted octanol–water partition coefficient (Wildman–Crippen LogP) is 3.16. The Labute approximate surface area is 130 Å². The first-order chi connectivity index (χ1) is 10.7. The summed E-state index contributed by atoms with van der Waals surface area (Å²) < 4.78 is 4.97. The maximum Gasteiger partial charge on any atom is 0.330 e. The number of aliphatic hydroxyl groups is 1. The van der Waals surface area contributed by atoms with Crippen molar-refractivity contribution in [1.82, 2.24) is 0 Å². The van der Waals surface area contributed by atoms with Crippen molar-refractivity contribution < 1.29 is 14.6 Å². The number of carbonyl (C=O) groups is 1. The molecule has 0 unspecified atom stereocenters. The van der Waals surface area contributed by atoms with Crippen LogP contribution in [0.5, 0.6) is 0 Å². The largest absolute Gasteiger partial charge is 0.462 e. The van der Waals surface area contributed by atoms with Gasteiger partial charge in [-0.15, -0.1) is 0 Å². The second-order valence-corrected chi connectivity index (χ2v) is 4.99. The second kappa shape index (κ2) is 8.15. The van der Waals surface area contributed by atoms with Gasteiger partial charge in [-0.25, -0.2) is 4.79 Å². The van der Waals surface area contributed by atoms with Crippen LogP contribution in [0.1, 0.15) is 11.1 Å². The molecule has 114 valence electrons. The number of aliphatic hydroxyl groups excluding tert-OH is 1. The predicted molar refractivity (Wildman–Crippen MR) is 87.5 cm³/mol. The fourth-order valence-electron chi connectivity index (χ4n) is 2.19. The molecule has 0 radical (unpaired) electrons. The molecular formula is C19H20O3. The molecule has 0 fully saturated rings. The monoisotopic (exact) mass is 296 g/mol. The summed E-state index contributed by atoms with van der Waals surface area (Å²) >= 11 is 0. The topological polar surface area (TPSA) is 46.5 Å². The van der Waals surface area contributed by atoms with Crippen LogP contribution in [0.3, 0.4) is 0 Å². The van der Waals surface area contributed by atoms with Gasteiger partial charge in [0.1, 0.15) is 0 Å². The number of rotatable bonds is 7. The van der Waals surface area contributed by atoms with E-state index in [1.165, 1.54) is 6.08 Å². The second-order valence-electron chi connectivity index (χ2n) is 4.99. The van der Waals surface area contributed by atoms with E-state index in [-0.39, 0.29) is 12.6 Å². The van der Waals surface area contributed by atoms with Gasteiger partial charge in [0.2, 0.25) is 0 Å². The minimum Gasteiger partial charge on any atom is -0.462 e. The molecule has 0 heterocycles. The molecule has 0 aromatic heterocycles. The van der Waals surface area contributed by atoms with Gasteiger partial charge >= 0.3 is 5.97 Å². The normalized spacial score (nSPS) is 10.2. The van der Waals surface area contributed by atoms with Gasteiger partial charge in [-0.2, -0.15) is 0 Å². The quantitative estimate of drug-likeness (QED) is 0.630.